The van der Waals surface area contributed by atoms with Gasteiger partial charge in [-0.15, -0.1) is 0 Å². The van der Waals surface area contributed by atoms with Crippen molar-refractivity contribution in [3.63, 3.8) is 0 Å². The van der Waals surface area contributed by atoms with E-state index in [1.165, 1.54) is 12.1 Å². The summed E-state index contributed by atoms with van der Waals surface area (Å²) in [4.78, 5) is 25.7. The topological polar surface area (TPSA) is 90.0 Å². The van der Waals surface area contributed by atoms with Gasteiger partial charge >= 0.3 is 0 Å². The molecule has 0 aliphatic rings. The van der Waals surface area contributed by atoms with Crippen molar-refractivity contribution in [1.82, 2.24) is 19.5 Å². The van der Waals surface area contributed by atoms with Gasteiger partial charge in [0.15, 0.2) is 5.82 Å². The fourth-order valence-corrected chi connectivity index (χ4v) is 2.45. The van der Waals surface area contributed by atoms with Crippen LogP contribution in [0.2, 0.25) is 0 Å². The van der Waals surface area contributed by atoms with Crippen LogP contribution in [0.3, 0.4) is 0 Å². The minimum absolute atomic E-state index is 0.0449. The van der Waals surface area contributed by atoms with E-state index in [0.717, 1.165) is 22.9 Å². The van der Waals surface area contributed by atoms with Crippen molar-refractivity contribution in [2.45, 2.75) is 13.5 Å². The summed E-state index contributed by atoms with van der Waals surface area (Å²) in [7, 11) is 3.89. The second kappa shape index (κ2) is 6.68. The number of aryl methyl sites for hydroxylation is 2. The summed E-state index contributed by atoms with van der Waals surface area (Å²) >= 11 is 0. The molecule has 2 heterocycles. The van der Waals surface area contributed by atoms with Crippen molar-refractivity contribution in [3.05, 3.63) is 64.4 Å². The molecular formula is C17H18N6O2. The zero-order chi connectivity index (χ0) is 18.0. The highest BCUT2D eigenvalue weighted by atomic mass is 16.6. The van der Waals surface area contributed by atoms with Crippen LogP contribution in [0.25, 0.3) is 11.4 Å². The molecule has 0 bridgehead atoms. The number of rotatable bonds is 5. The van der Waals surface area contributed by atoms with Gasteiger partial charge in [-0.3, -0.25) is 10.1 Å². The number of hydrogen-bond acceptors (Lipinski definition) is 6. The molecule has 0 N–H and O–H groups in total. The third-order valence-electron chi connectivity index (χ3n) is 3.87. The van der Waals surface area contributed by atoms with Gasteiger partial charge in [0.25, 0.3) is 5.69 Å². The van der Waals surface area contributed by atoms with Crippen molar-refractivity contribution in [1.29, 1.82) is 0 Å². The SMILES string of the molecule is Cc1cc(N(C)Cc2nccn2C)nc(-c2ccc([N+](=O)[O-])cc2)n1. The Hall–Kier alpha value is -3.29. The molecule has 25 heavy (non-hydrogen) atoms. The van der Waals surface area contributed by atoms with Crippen LogP contribution >= 0.6 is 0 Å². The molecule has 1 aromatic carbocycles. The Bertz CT molecular complexity index is 904. The highest BCUT2D eigenvalue weighted by Gasteiger charge is 2.12. The van der Waals surface area contributed by atoms with Crippen molar-refractivity contribution < 1.29 is 4.92 Å². The van der Waals surface area contributed by atoms with Gasteiger partial charge in [-0.05, 0) is 19.1 Å². The summed E-state index contributed by atoms with van der Waals surface area (Å²) in [5.74, 6) is 2.23. The largest absolute Gasteiger partial charge is 0.352 e. The number of imidazole rings is 1. The molecule has 2 aromatic heterocycles. The third-order valence-corrected chi connectivity index (χ3v) is 3.87. The predicted molar refractivity (Wildman–Crippen MR) is 94.2 cm³/mol. The molecule has 0 amide bonds. The average Bonchev–Trinajstić information content (AvgIpc) is 2.99. The van der Waals surface area contributed by atoms with Crippen LogP contribution in [-0.2, 0) is 13.6 Å². The number of non-ortho nitro benzene ring substituents is 1. The fourth-order valence-electron chi connectivity index (χ4n) is 2.45. The first-order chi connectivity index (χ1) is 11.9. The summed E-state index contributed by atoms with van der Waals surface area (Å²) in [5.41, 5.74) is 1.61. The van der Waals surface area contributed by atoms with E-state index >= 15 is 0 Å². The maximum atomic E-state index is 10.8. The number of aromatic nitrogens is 4. The molecule has 0 fully saturated rings. The molecule has 0 saturated carbocycles. The van der Waals surface area contributed by atoms with E-state index in [1.54, 1.807) is 18.3 Å². The molecule has 0 radical (unpaired) electrons. The third kappa shape index (κ3) is 3.63. The molecule has 8 heteroatoms. The first-order valence-electron chi connectivity index (χ1n) is 7.72. The smallest absolute Gasteiger partial charge is 0.269 e. The zero-order valence-corrected chi connectivity index (χ0v) is 14.2. The average molecular weight is 338 g/mol. The molecule has 128 valence electrons. The van der Waals surface area contributed by atoms with Crippen molar-refractivity contribution in [2.24, 2.45) is 7.05 Å². The Labute approximate surface area is 144 Å². The van der Waals surface area contributed by atoms with E-state index in [4.69, 9.17) is 0 Å². The summed E-state index contributed by atoms with van der Waals surface area (Å²) in [5, 5.41) is 10.8. The molecule has 0 spiro atoms. The zero-order valence-electron chi connectivity index (χ0n) is 14.2. The van der Waals surface area contributed by atoms with Gasteiger partial charge in [-0.25, -0.2) is 15.0 Å². The Morgan fingerprint density at radius 1 is 1.24 bits per heavy atom. The highest BCUT2D eigenvalue weighted by molar-refractivity contribution is 5.59. The number of anilines is 1. The van der Waals surface area contributed by atoms with Crippen molar-refractivity contribution >= 4 is 11.5 Å². The van der Waals surface area contributed by atoms with E-state index in [9.17, 15) is 10.1 Å². The number of hydrogen-bond donors (Lipinski definition) is 0. The predicted octanol–water partition coefficient (Wildman–Crippen LogP) is 2.73. The van der Waals surface area contributed by atoms with E-state index in [-0.39, 0.29) is 5.69 Å². The number of nitrogens with zero attached hydrogens (tertiary/aromatic N) is 6. The Balaban J connectivity index is 1.89. The van der Waals surface area contributed by atoms with Gasteiger partial charge in [0, 0.05) is 55.9 Å². The Kier molecular flexibility index (Phi) is 4.42. The van der Waals surface area contributed by atoms with Crippen molar-refractivity contribution in [2.75, 3.05) is 11.9 Å². The van der Waals surface area contributed by atoms with Gasteiger partial charge in [-0.1, -0.05) is 0 Å². The fraction of sp³-hybridized carbons (Fsp3) is 0.235. The summed E-state index contributed by atoms with van der Waals surface area (Å²) < 4.78 is 1.96. The van der Waals surface area contributed by atoms with Gasteiger partial charge in [-0.2, -0.15) is 0 Å². The van der Waals surface area contributed by atoms with Gasteiger partial charge < -0.3 is 9.47 Å². The van der Waals surface area contributed by atoms with Crippen LogP contribution in [-0.4, -0.2) is 31.5 Å². The van der Waals surface area contributed by atoms with E-state index in [2.05, 4.69) is 15.0 Å². The normalized spacial score (nSPS) is 10.7. The van der Waals surface area contributed by atoms with E-state index < -0.39 is 4.92 Å². The molecule has 0 aliphatic heterocycles. The number of nitro benzene ring substituents is 1. The van der Waals surface area contributed by atoms with Crippen LogP contribution in [0, 0.1) is 17.0 Å². The molecule has 3 rings (SSSR count). The first kappa shape index (κ1) is 16.6. The lowest BCUT2D eigenvalue weighted by Crippen LogP contribution is -2.20. The van der Waals surface area contributed by atoms with E-state index in [0.29, 0.717) is 12.4 Å². The Morgan fingerprint density at radius 2 is 1.96 bits per heavy atom. The monoisotopic (exact) mass is 338 g/mol. The minimum atomic E-state index is -0.424. The summed E-state index contributed by atoms with van der Waals surface area (Å²) in [6.45, 7) is 2.51. The lowest BCUT2D eigenvalue weighted by Gasteiger charge is -2.19. The first-order valence-corrected chi connectivity index (χ1v) is 7.72. The van der Waals surface area contributed by atoms with Crippen LogP contribution in [0.1, 0.15) is 11.5 Å². The molecule has 8 nitrogen and oxygen atoms in total. The lowest BCUT2D eigenvalue weighted by atomic mass is 10.2. The molecule has 0 unspecified atom stereocenters. The van der Waals surface area contributed by atoms with Crippen molar-refractivity contribution in [3.8, 4) is 11.4 Å². The molecule has 3 aromatic rings. The second-order valence-corrected chi connectivity index (χ2v) is 5.81. The number of nitro groups is 1. The minimum Gasteiger partial charge on any atom is -0.352 e. The lowest BCUT2D eigenvalue weighted by molar-refractivity contribution is -0.384. The summed E-state index contributed by atoms with van der Waals surface area (Å²) in [6.07, 6.45) is 3.66. The van der Waals surface area contributed by atoms with Gasteiger partial charge in [0.05, 0.1) is 11.5 Å². The van der Waals surface area contributed by atoms with Gasteiger partial charge in [0.1, 0.15) is 11.6 Å². The van der Waals surface area contributed by atoms with Crippen LogP contribution in [0.4, 0.5) is 11.5 Å². The van der Waals surface area contributed by atoms with Crippen LogP contribution in [0.15, 0.2) is 42.7 Å². The standard InChI is InChI=1S/C17H18N6O2/c1-12-10-15(22(3)11-16-18-8-9-21(16)2)20-17(19-12)13-4-6-14(7-5-13)23(24)25/h4-10H,11H2,1-3H3. The Morgan fingerprint density at radius 3 is 2.56 bits per heavy atom. The molecule has 0 saturated heterocycles. The molecule has 0 atom stereocenters. The highest BCUT2D eigenvalue weighted by Crippen LogP contribution is 2.22. The van der Waals surface area contributed by atoms with Crippen LogP contribution < -0.4 is 4.90 Å². The maximum absolute atomic E-state index is 10.8. The molecule has 0 aliphatic carbocycles. The van der Waals surface area contributed by atoms with Gasteiger partial charge in [0.2, 0.25) is 0 Å². The molecular weight excluding hydrogens is 320 g/mol. The number of benzene rings is 1. The maximum Gasteiger partial charge on any atom is 0.269 e. The van der Waals surface area contributed by atoms with Crippen LogP contribution in [0.5, 0.6) is 0 Å². The second-order valence-electron chi connectivity index (χ2n) is 5.81. The van der Waals surface area contributed by atoms with E-state index in [1.807, 2.05) is 42.7 Å². The quantitative estimate of drug-likeness (QED) is 0.525. The summed E-state index contributed by atoms with van der Waals surface area (Å²) in [6, 6.07) is 8.14.